The monoisotopic (exact) mass is 807 g/mol. The van der Waals surface area contributed by atoms with Crippen molar-refractivity contribution in [2.75, 3.05) is 19.8 Å². The van der Waals surface area contributed by atoms with Gasteiger partial charge in [0.15, 0.2) is 12.4 Å². The third kappa shape index (κ3) is 29.5. The number of carbonyl (C=O) groups excluding carboxylic acids is 2. The molecule has 330 valence electrons. The third-order valence-corrected chi connectivity index (χ3v) is 10.2. The Labute approximate surface area is 346 Å². The van der Waals surface area contributed by atoms with Crippen LogP contribution in [0.25, 0.3) is 0 Å². The highest BCUT2D eigenvalue weighted by Crippen LogP contribution is 2.22. The summed E-state index contributed by atoms with van der Waals surface area (Å²) in [6, 6.07) is 0. The summed E-state index contributed by atoms with van der Waals surface area (Å²) in [6.07, 6.45) is 36.9. The Balaban J connectivity index is 2.34. The molecule has 0 bridgehead atoms. The zero-order chi connectivity index (χ0) is 41.6. The molecule has 10 heteroatoms. The zero-order valence-electron chi connectivity index (χ0n) is 35.8. The second kappa shape index (κ2) is 37.9. The lowest BCUT2D eigenvalue weighted by molar-refractivity contribution is -0.305. The number of ether oxygens (including phenoxy) is 4. The van der Waals surface area contributed by atoms with Crippen molar-refractivity contribution in [1.29, 1.82) is 0 Å². The summed E-state index contributed by atoms with van der Waals surface area (Å²) in [5.74, 6) is -0.852. The number of aliphatic hydroxyl groups is 4. The van der Waals surface area contributed by atoms with Crippen LogP contribution in [-0.4, -0.2) is 89.0 Å². The topological polar surface area (TPSA) is 152 Å². The minimum Gasteiger partial charge on any atom is -0.462 e. The molecule has 1 heterocycles. The number of aliphatic hydroxyl groups excluding tert-OH is 4. The van der Waals surface area contributed by atoms with Crippen molar-refractivity contribution in [3.05, 3.63) is 48.6 Å². The molecule has 0 aliphatic carbocycles. The number of unbranched alkanes of at least 4 members (excludes halogenated alkanes) is 18. The number of esters is 2. The van der Waals surface area contributed by atoms with E-state index in [1.807, 2.05) is 0 Å². The van der Waals surface area contributed by atoms with Crippen LogP contribution in [0.1, 0.15) is 181 Å². The maximum Gasteiger partial charge on any atom is 0.306 e. The van der Waals surface area contributed by atoms with Gasteiger partial charge >= 0.3 is 11.9 Å². The first kappa shape index (κ1) is 52.7. The van der Waals surface area contributed by atoms with E-state index in [1.54, 1.807) is 0 Å². The van der Waals surface area contributed by atoms with Crippen molar-refractivity contribution < 1.29 is 49.0 Å². The average Bonchev–Trinajstić information content (AvgIpc) is 3.21. The van der Waals surface area contributed by atoms with Crippen LogP contribution in [-0.2, 0) is 28.5 Å². The van der Waals surface area contributed by atoms with E-state index in [2.05, 4.69) is 62.5 Å². The lowest BCUT2D eigenvalue weighted by Crippen LogP contribution is -2.59. The number of hydrogen-bond donors (Lipinski definition) is 4. The van der Waals surface area contributed by atoms with Gasteiger partial charge in [0.05, 0.1) is 13.2 Å². The van der Waals surface area contributed by atoms with Gasteiger partial charge in [0.1, 0.15) is 31.0 Å². The fourth-order valence-corrected chi connectivity index (χ4v) is 6.65. The average molecular weight is 807 g/mol. The zero-order valence-corrected chi connectivity index (χ0v) is 35.8. The predicted octanol–water partition coefficient (Wildman–Crippen LogP) is 9.67. The van der Waals surface area contributed by atoms with Crippen molar-refractivity contribution in [3.8, 4) is 0 Å². The Morgan fingerprint density at radius 1 is 0.561 bits per heavy atom. The SMILES string of the molecule is CC/C=C\C/C=C\C/C=C\C/C=C\CCCCC(=O)OC(COC(=O)CCCCCCCCCCCCCCCCCCC)COC1OC(CO)C(O)C(O)C1O. The Kier molecular flexibility index (Phi) is 35.0. The molecule has 0 aromatic rings. The molecule has 57 heavy (non-hydrogen) atoms. The van der Waals surface area contributed by atoms with E-state index < -0.39 is 49.4 Å². The molecule has 0 saturated carbocycles. The minimum absolute atomic E-state index is 0.178. The highest BCUT2D eigenvalue weighted by Gasteiger charge is 2.44. The lowest BCUT2D eigenvalue weighted by atomic mass is 9.99. The van der Waals surface area contributed by atoms with Gasteiger partial charge < -0.3 is 39.4 Å². The second-order valence-corrected chi connectivity index (χ2v) is 15.5. The van der Waals surface area contributed by atoms with Gasteiger partial charge in [-0.1, -0.05) is 165 Å². The summed E-state index contributed by atoms with van der Waals surface area (Å²) in [7, 11) is 0. The van der Waals surface area contributed by atoms with Crippen molar-refractivity contribution >= 4 is 11.9 Å². The number of allylic oxidation sites excluding steroid dienone is 8. The molecule has 1 saturated heterocycles. The Morgan fingerprint density at radius 3 is 1.56 bits per heavy atom. The van der Waals surface area contributed by atoms with Gasteiger partial charge in [0, 0.05) is 12.8 Å². The number of rotatable bonds is 37. The van der Waals surface area contributed by atoms with Crippen molar-refractivity contribution in [1.82, 2.24) is 0 Å². The van der Waals surface area contributed by atoms with Crippen LogP contribution in [0, 0.1) is 0 Å². The molecule has 1 aliphatic heterocycles. The molecule has 0 radical (unpaired) electrons. The molecule has 1 fully saturated rings. The lowest BCUT2D eigenvalue weighted by Gasteiger charge is -2.39. The molecular weight excluding hydrogens is 725 g/mol. The predicted molar refractivity (Wildman–Crippen MR) is 229 cm³/mol. The number of carbonyl (C=O) groups is 2. The summed E-state index contributed by atoms with van der Waals surface area (Å²) >= 11 is 0. The van der Waals surface area contributed by atoms with E-state index in [0.717, 1.165) is 57.8 Å². The van der Waals surface area contributed by atoms with Crippen LogP contribution in [0.15, 0.2) is 48.6 Å². The molecule has 1 aliphatic rings. The summed E-state index contributed by atoms with van der Waals surface area (Å²) in [5, 5.41) is 40.1. The van der Waals surface area contributed by atoms with Crippen LogP contribution in [0.2, 0.25) is 0 Å². The first-order chi connectivity index (χ1) is 27.8. The van der Waals surface area contributed by atoms with Crippen LogP contribution >= 0.6 is 0 Å². The van der Waals surface area contributed by atoms with E-state index >= 15 is 0 Å². The Hall–Kier alpha value is -2.34. The van der Waals surface area contributed by atoms with E-state index in [1.165, 1.54) is 89.9 Å². The fourth-order valence-electron chi connectivity index (χ4n) is 6.65. The smallest absolute Gasteiger partial charge is 0.306 e. The van der Waals surface area contributed by atoms with E-state index in [0.29, 0.717) is 6.42 Å². The van der Waals surface area contributed by atoms with E-state index in [4.69, 9.17) is 18.9 Å². The Bertz CT molecular complexity index is 1070. The number of hydrogen-bond acceptors (Lipinski definition) is 10. The molecule has 6 atom stereocenters. The summed E-state index contributed by atoms with van der Waals surface area (Å²) < 4.78 is 22.1. The fraction of sp³-hybridized carbons (Fsp3) is 0.787. The highest BCUT2D eigenvalue weighted by molar-refractivity contribution is 5.70. The van der Waals surface area contributed by atoms with Gasteiger partial charge in [0.25, 0.3) is 0 Å². The second-order valence-electron chi connectivity index (χ2n) is 15.5. The largest absolute Gasteiger partial charge is 0.462 e. The molecule has 4 N–H and O–H groups in total. The molecule has 10 nitrogen and oxygen atoms in total. The normalized spacial score (nSPS) is 20.7. The molecule has 1 rings (SSSR count). The maximum atomic E-state index is 12.7. The van der Waals surface area contributed by atoms with Gasteiger partial charge in [-0.15, -0.1) is 0 Å². The van der Waals surface area contributed by atoms with Crippen LogP contribution in [0.3, 0.4) is 0 Å². The standard InChI is InChI=1S/C47H82O10/c1-3-5-7-9-11-13-15-17-19-20-22-23-25-27-29-31-33-35-42(49)54-38-40(39-55-47-46(53)45(52)44(51)41(37-48)57-47)56-43(50)36-34-32-30-28-26-24-21-18-16-14-12-10-8-6-4-2/h6,8,12,14,18,21,26,28,40-41,44-48,51-53H,3-5,7,9-11,13,15-17,19-20,22-25,27,29-39H2,1-2H3/b8-6-,14-12-,21-18-,28-26-. The van der Waals surface area contributed by atoms with Crippen LogP contribution in [0.5, 0.6) is 0 Å². The quantitative estimate of drug-likeness (QED) is 0.0271. The first-order valence-corrected chi connectivity index (χ1v) is 22.7. The molecule has 0 aromatic carbocycles. The third-order valence-electron chi connectivity index (χ3n) is 10.2. The van der Waals surface area contributed by atoms with E-state index in [9.17, 15) is 30.0 Å². The van der Waals surface area contributed by atoms with E-state index in [-0.39, 0.29) is 32.0 Å². The van der Waals surface area contributed by atoms with Crippen molar-refractivity contribution in [2.45, 2.75) is 218 Å². The van der Waals surface area contributed by atoms with Gasteiger partial charge in [0.2, 0.25) is 0 Å². The molecule has 0 amide bonds. The van der Waals surface area contributed by atoms with Gasteiger partial charge in [-0.2, -0.15) is 0 Å². The van der Waals surface area contributed by atoms with Crippen LogP contribution < -0.4 is 0 Å². The first-order valence-electron chi connectivity index (χ1n) is 22.7. The summed E-state index contributed by atoms with van der Waals surface area (Å²) in [4.78, 5) is 25.3. The molecule has 0 aromatic heterocycles. The minimum atomic E-state index is -1.60. The van der Waals surface area contributed by atoms with Gasteiger partial charge in [-0.25, -0.2) is 0 Å². The van der Waals surface area contributed by atoms with Crippen LogP contribution in [0.4, 0.5) is 0 Å². The summed E-state index contributed by atoms with van der Waals surface area (Å²) in [5.41, 5.74) is 0. The van der Waals surface area contributed by atoms with Crippen molar-refractivity contribution in [2.24, 2.45) is 0 Å². The maximum absolute atomic E-state index is 12.7. The Morgan fingerprint density at radius 2 is 1.04 bits per heavy atom. The van der Waals surface area contributed by atoms with Gasteiger partial charge in [-0.05, 0) is 51.4 Å². The molecule has 6 unspecified atom stereocenters. The summed E-state index contributed by atoms with van der Waals surface area (Å²) in [6.45, 7) is 3.27. The highest BCUT2D eigenvalue weighted by atomic mass is 16.7. The molecule has 0 spiro atoms. The van der Waals surface area contributed by atoms with Crippen molar-refractivity contribution in [3.63, 3.8) is 0 Å². The molecular formula is C47H82O10. The van der Waals surface area contributed by atoms with Gasteiger partial charge in [-0.3, -0.25) is 9.59 Å².